The summed E-state index contributed by atoms with van der Waals surface area (Å²) in [5.41, 5.74) is 1.04. The van der Waals surface area contributed by atoms with Crippen molar-refractivity contribution >= 4 is 17.5 Å². The largest absolute Gasteiger partial charge is 0.369 e. The third-order valence-corrected chi connectivity index (χ3v) is 4.39. The summed E-state index contributed by atoms with van der Waals surface area (Å²) in [4.78, 5) is 11.1. The maximum atomic E-state index is 13.1. The molecule has 1 fully saturated rings. The molecular weight excluding hydrogens is 333 g/mol. The van der Waals surface area contributed by atoms with Gasteiger partial charge >= 0.3 is 0 Å². The maximum Gasteiger partial charge on any atom is 0.247 e. The van der Waals surface area contributed by atoms with Crippen molar-refractivity contribution < 1.29 is 4.39 Å². The van der Waals surface area contributed by atoms with Gasteiger partial charge in [-0.15, -0.1) is 5.10 Å². The van der Waals surface area contributed by atoms with Gasteiger partial charge in [-0.25, -0.2) is 4.39 Å². The second kappa shape index (κ2) is 8.75. The topological polar surface area (TPSA) is 60.4 Å². The van der Waals surface area contributed by atoms with Crippen LogP contribution in [0.15, 0.2) is 30.5 Å². The van der Waals surface area contributed by atoms with Gasteiger partial charge in [0.15, 0.2) is 5.82 Å². The van der Waals surface area contributed by atoms with Gasteiger partial charge < -0.3 is 20.0 Å². The number of anilines is 3. The lowest BCUT2D eigenvalue weighted by atomic mass is 10.2. The lowest BCUT2D eigenvalue weighted by Gasteiger charge is -2.35. The van der Waals surface area contributed by atoms with Crippen LogP contribution in [-0.2, 0) is 0 Å². The van der Waals surface area contributed by atoms with Crippen LogP contribution in [-0.4, -0.2) is 73.4 Å². The van der Waals surface area contributed by atoms with E-state index < -0.39 is 0 Å². The van der Waals surface area contributed by atoms with Gasteiger partial charge in [-0.05, 0) is 51.3 Å². The Labute approximate surface area is 153 Å². The molecule has 1 aliphatic rings. The van der Waals surface area contributed by atoms with E-state index in [0.29, 0.717) is 5.95 Å². The lowest BCUT2D eigenvalue weighted by Crippen LogP contribution is -2.47. The van der Waals surface area contributed by atoms with Crippen molar-refractivity contribution in [2.45, 2.75) is 6.42 Å². The minimum atomic E-state index is -0.207. The molecule has 3 rings (SSSR count). The summed E-state index contributed by atoms with van der Waals surface area (Å²) in [5.74, 6) is 1.21. The van der Waals surface area contributed by atoms with Gasteiger partial charge in [0.25, 0.3) is 0 Å². The fourth-order valence-corrected chi connectivity index (χ4v) is 2.94. The number of halogens is 1. The van der Waals surface area contributed by atoms with Crippen molar-refractivity contribution in [3.05, 3.63) is 36.3 Å². The van der Waals surface area contributed by atoms with Crippen LogP contribution in [0, 0.1) is 5.82 Å². The molecular formula is C18H26FN7. The number of nitrogens with zero attached hydrogens (tertiary/aromatic N) is 6. The van der Waals surface area contributed by atoms with E-state index in [4.69, 9.17) is 0 Å². The van der Waals surface area contributed by atoms with Gasteiger partial charge in [-0.2, -0.15) is 10.1 Å². The molecule has 0 spiro atoms. The summed E-state index contributed by atoms with van der Waals surface area (Å²) in [7, 11) is 4.13. The molecule has 0 bridgehead atoms. The molecule has 1 aromatic heterocycles. The van der Waals surface area contributed by atoms with Crippen LogP contribution in [0.4, 0.5) is 21.8 Å². The molecule has 0 aliphatic carbocycles. The van der Waals surface area contributed by atoms with Crippen molar-refractivity contribution in [2.24, 2.45) is 0 Å². The zero-order valence-electron chi connectivity index (χ0n) is 15.4. The Bertz CT molecular complexity index is 684. The SMILES string of the molecule is CN(C)CCCNc1cnnc(N2CCN(c3ccc(F)cc3)CC2)n1. The number of nitrogens with one attached hydrogen (secondary N) is 1. The van der Waals surface area contributed by atoms with E-state index in [1.807, 2.05) is 12.1 Å². The molecule has 0 amide bonds. The molecule has 0 atom stereocenters. The highest BCUT2D eigenvalue weighted by molar-refractivity contribution is 5.48. The van der Waals surface area contributed by atoms with E-state index in [2.05, 4.69) is 49.3 Å². The van der Waals surface area contributed by atoms with Crippen LogP contribution in [0.1, 0.15) is 6.42 Å². The van der Waals surface area contributed by atoms with Gasteiger partial charge in [0, 0.05) is 38.4 Å². The first-order valence-corrected chi connectivity index (χ1v) is 8.95. The van der Waals surface area contributed by atoms with Gasteiger partial charge in [-0.3, -0.25) is 0 Å². The third kappa shape index (κ3) is 5.01. The molecule has 0 saturated carbocycles. The van der Waals surface area contributed by atoms with Crippen LogP contribution in [0.3, 0.4) is 0 Å². The lowest BCUT2D eigenvalue weighted by molar-refractivity contribution is 0.405. The molecule has 1 saturated heterocycles. The van der Waals surface area contributed by atoms with Crippen LogP contribution >= 0.6 is 0 Å². The van der Waals surface area contributed by atoms with Crippen molar-refractivity contribution in [3.8, 4) is 0 Å². The summed E-state index contributed by atoms with van der Waals surface area (Å²) in [6.45, 7) is 5.19. The number of piperazine rings is 1. The van der Waals surface area contributed by atoms with Gasteiger partial charge in [0.1, 0.15) is 5.82 Å². The molecule has 1 N–H and O–H groups in total. The first kappa shape index (κ1) is 18.3. The van der Waals surface area contributed by atoms with Crippen LogP contribution in [0.5, 0.6) is 0 Å². The summed E-state index contributed by atoms with van der Waals surface area (Å²) >= 11 is 0. The highest BCUT2D eigenvalue weighted by Gasteiger charge is 2.20. The number of aromatic nitrogens is 3. The third-order valence-electron chi connectivity index (χ3n) is 4.39. The minimum Gasteiger partial charge on any atom is -0.369 e. The molecule has 1 aromatic carbocycles. The fraction of sp³-hybridized carbons (Fsp3) is 0.500. The van der Waals surface area contributed by atoms with E-state index in [0.717, 1.165) is 57.2 Å². The Morgan fingerprint density at radius 1 is 1.08 bits per heavy atom. The van der Waals surface area contributed by atoms with Gasteiger partial charge in [-0.1, -0.05) is 0 Å². The average Bonchev–Trinajstić information content (AvgIpc) is 2.66. The molecule has 0 radical (unpaired) electrons. The number of rotatable bonds is 7. The zero-order valence-corrected chi connectivity index (χ0v) is 15.4. The molecule has 2 aromatic rings. The monoisotopic (exact) mass is 359 g/mol. The van der Waals surface area contributed by atoms with Crippen LogP contribution in [0.25, 0.3) is 0 Å². The quantitative estimate of drug-likeness (QED) is 0.755. The second-order valence-electron chi connectivity index (χ2n) is 6.68. The zero-order chi connectivity index (χ0) is 18.4. The Kier molecular flexibility index (Phi) is 6.17. The molecule has 1 aliphatic heterocycles. The molecule has 26 heavy (non-hydrogen) atoms. The summed E-state index contributed by atoms with van der Waals surface area (Å²) in [6.07, 6.45) is 2.70. The molecule has 0 unspecified atom stereocenters. The number of hydrogen-bond acceptors (Lipinski definition) is 7. The summed E-state index contributed by atoms with van der Waals surface area (Å²) in [5, 5.41) is 11.6. The van der Waals surface area contributed by atoms with Gasteiger partial charge in [0.05, 0.1) is 6.20 Å². The van der Waals surface area contributed by atoms with Crippen LogP contribution in [0.2, 0.25) is 0 Å². The van der Waals surface area contributed by atoms with Crippen molar-refractivity contribution in [3.63, 3.8) is 0 Å². The molecule has 140 valence electrons. The van der Waals surface area contributed by atoms with E-state index in [1.54, 1.807) is 6.20 Å². The van der Waals surface area contributed by atoms with E-state index in [9.17, 15) is 4.39 Å². The second-order valence-corrected chi connectivity index (χ2v) is 6.68. The number of hydrogen-bond donors (Lipinski definition) is 1. The maximum absolute atomic E-state index is 13.1. The fourth-order valence-electron chi connectivity index (χ4n) is 2.94. The standard InChI is InChI=1S/C18H26FN7/c1-24(2)9-3-8-20-17-14-21-23-18(22-17)26-12-10-25(11-13-26)16-6-4-15(19)5-7-16/h4-7,14H,3,8-13H2,1-2H3,(H,20,22,23). The Morgan fingerprint density at radius 2 is 1.77 bits per heavy atom. The first-order valence-electron chi connectivity index (χ1n) is 8.95. The Hall–Kier alpha value is -2.48. The summed E-state index contributed by atoms with van der Waals surface area (Å²) in [6, 6.07) is 6.64. The Balaban J connectivity index is 1.52. The van der Waals surface area contributed by atoms with Crippen molar-refractivity contribution in [1.29, 1.82) is 0 Å². The summed E-state index contributed by atoms with van der Waals surface area (Å²) < 4.78 is 13.1. The molecule has 7 nitrogen and oxygen atoms in total. The normalized spacial score (nSPS) is 14.8. The number of benzene rings is 1. The highest BCUT2D eigenvalue weighted by Crippen LogP contribution is 2.19. The Morgan fingerprint density at radius 3 is 2.46 bits per heavy atom. The molecule has 8 heteroatoms. The minimum absolute atomic E-state index is 0.207. The average molecular weight is 359 g/mol. The first-order chi connectivity index (χ1) is 12.6. The molecule has 2 heterocycles. The van der Waals surface area contributed by atoms with E-state index >= 15 is 0 Å². The van der Waals surface area contributed by atoms with Crippen molar-refractivity contribution in [1.82, 2.24) is 20.1 Å². The predicted octanol–water partition coefficient (Wildman–Crippen LogP) is 1.70. The predicted molar refractivity (Wildman–Crippen MR) is 102 cm³/mol. The van der Waals surface area contributed by atoms with Gasteiger partial charge in [0.2, 0.25) is 5.95 Å². The van der Waals surface area contributed by atoms with E-state index in [-0.39, 0.29) is 5.82 Å². The highest BCUT2D eigenvalue weighted by atomic mass is 19.1. The van der Waals surface area contributed by atoms with E-state index in [1.165, 1.54) is 12.1 Å². The van der Waals surface area contributed by atoms with Crippen LogP contribution < -0.4 is 15.1 Å². The smallest absolute Gasteiger partial charge is 0.247 e. The van der Waals surface area contributed by atoms with Crippen molar-refractivity contribution in [2.75, 3.05) is 68.5 Å².